The highest BCUT2D eigenvalue weighted by molar-refractivity contribution is 5.82. The van der Waals surface area contributed by atoms with Crippen molar-refractivity contribution in [2.45, 2.75) is 63.6 Å². The third kappa shape index (κ3) is 2.90. The Labute approximate surface area is 146 Å². The predicted molar refractivity (Wildman–Crippen MR) is 83.5 cm³/mol. The highest BCUT2D eigenvalue weighted by Gasteiger charge is 2.66. The summed E-state index contributed by atoms with van der Waals surface area (Å²) < 4.78 is 15.9. The van der Waals surface area contributed by atoms with E-state index in [1.54, 1.807) is 6.92 Å². The molecular weight excluding hydrogens is 328 g/mol. The molecule has 1 heterocycles. The van der Waals surface area contributed by atoms with E-state index in [9.17, 15) is 20.0 Å². The average molecular weight is 352 g/mol. The summed E-state index contributed by atoms with van der Waals surface area (Å²) in [4.78, 5) is 23.9. The van der Waals surface area contributed by atoms with Crippen LogP contribution >= 0.6 is 0 Å². The minimum absolute atomic E-state index is 0.140. The summed E-state index contributed by atoms with van der Waals surface area (Å²) in [6.07, 6.45) is 0.120. The van der Waals surface area contributed by atoms with Gasteiger partial charge in [-0.2, -0.15) is 5.26 Å². The van der Waals surface area contributed by atoms with E-state index in [0.717, 1.165) is 6.42 Å². The van der Waals surface area contributed by atoms with Gasteiger partial charge in [0.15, 0.2) is 12.9 Å². The Morgan fingerprint density at radius 3 is 2.84 bits per heavy atom. The number of carbonyl (C=O) groups is 2. The Balaban J connectivity index is 1.59. The van der Waals surface area contributed by atoms with Crippen LogP contribution in [-0.4, -0.2) is 47.7 Å². The number of fused-ring (bicyclic) bond motifs is 1. The summed E-state index contributed by atoms with van der Waals surface area (Å²) in [5, 5.41) is 19.7. The van der Waals surface area contributed by atoms with E-state index in [4.69, 9.17) is 19.9 Å². The molecule has 0 spiro atoms. The first-order chi connectivity index (χ1) is 11.7. The molecule has 0 aromatic carbocycles. The standard InChI is InChI=1S/C17H24N2O6/c1-3-16(2,19)14(21)23-7-12(20)24-11-5-9-4-10-13(11)25-15(22)17(10,6-9)8-18/h9-11,13,15,22H,3-7,19H2,1-2H3. The number of aliphatic hydroxyl groups excluding tert-OH is 1. The molecule has 8 nitrogen and oxygen atoms in total. The molecule has 3 rings (SSSR count). The molecule has 2 saturated carbocycles. The molecular formula is C17H24N2O6. The van der Waals surface area contributed by atoms with Gasteiger partial charge in [-0.05, 0) is 38.5 Å². The number of hydrogen-bond donors (Lipinski definition) is 2. The van der Waals surface area contributed by atoms with Gasteiger partial charge in [-0.3, -0.25) is 4.79 Å². The molecule has 1 saturated heterocycles. The van der Waals surface area contributed by atoms with Crippen LogP contribution in [0.1, 0.15) is 39.5 Å². The van der Waals surface area contributed by atoms with Crippen molar-refractivity contribution >= 4 is 11.9 Å². The monoisotopic (exact) mass is 352 g/mol. The van der Waals surface area contributed by atoms with Crippen molar-refractivity contribution in [1.29, 1.82) is 5.26 Å². The summed E-state index contributed by atoms with van der Waals surface area (Å²) in [5.74, 6) is -1.27. The van der Waals surface area contributed by atoms with E-state index in [2.05, 4.69) is 6.07 Å². The highest BCUT2D eigenvalue weighted by atomic mass is 16.6. The third-order valence-corrected chi connectivity index (χ3v) is 5.94. The Bertz CT molecular complexity index is 615. The van der Waals surface area contributed by atoms with Gasteiger partial charge in [0, 0.05) is 5.92 Å². The van der Waals surface area contributed by atoms with Crippen molar-refractivity contribution in [3.63, 3.8) is 0 Å². The lowest BCUT2D eigenvalue weighted by Gasteiger charge is -2.33. The SMILES string of the molecule is CCC(C)(N)C(=O)OCC(=O)OC1CC2CC3C1OC(O)C3(C#N)C2. The number of rotatable bonds is 5. The van der Waals surface area contributed by atoms with Gasteiger partial charge in [-0.1, -0.05) is 6.92 Å². The average Bonchev–Trinajstić information content (AvgIpc) is 3.03. The minimum atomic E-state index is -1.15. The van der Waals surface area contributed by atoms with Crippen LogP contribution in [0.5, 0.6) is 0 Å². The predicted octanol–water partition coefficient (Wildman–Crippen LogP) is 0.226. The van der Waals surface area contributed by atoms with Gasteiger partial charge in [-0.25, -0.2) is 4.79 Å². The topological polar surface area (TPSA) is 132 Å². The fourth-order valence-corrected chi connectivity index (χ4v) is 4.28. The number of carbonyl (C=O) groups excluding carboxylic acids is 2. The molecule has 25 heavy (non-hydrogen) atoms. The molecule has 2 aliphatic carbocycles. The van der Waals surface area contributed by atoms with Gasteiger partial charge in [0.1, 0.15) is 23.2 Å². The molecule has 8 heteroatoms. The van der Waals surface area contributed by atoms with Crippen molar-refractivity contribution in [3.8, 4) is 6.07 Å². The molecule has 7 atom stereocenters. The van der Waals surface area contributed by atoms with Crippen LogP contribution < -0.4 is 5.73 Å². The molecule has 2 bridgehead atoms. The summed E-state index contributed by atoms with van der Waals surface area (Å²) >= 11 is 0. The van der Waals surface area contributed by atoms with Gasteiger partial charge in [0.25, 0.3) is 0 Å². The number of ether oxygens (including phenoxy) is 3. The second-order valence-corrected chi connectivity index (χ2v) is 7.63. The lowest BCUT2D eigenvalue weighted by Crippen LogP contribution is -2.46. The van der Waals surface area contributed by atoms with Crippen LogP contribution in [0.4, 0.5) is 0 Å². The molecule has 7 unspecified atom stereocenters. The third-order valence-electron chi connectivity index (χ3n) is 5.94. The number of nitriles is 1. The van der Waals surface area contributed by atoms with Gasteiger partial charge in [0.05, 0.1) is 6.07 Å². The fourth-order valence-electron chi connectivity index (χ4n) is 4.28. The lowest BCUT2D eigenvalue weighted by molar-refractivity contribution is -0.187. The maximum absolute atomic E-state index is 12.0. The number of nitrogens with two attached hydrogens (primary N) is 1. The second-order valence-electron chi connectivity index (χ2n) is 7.63. The molecule has 138 valence electrons. The van der Waals surface area contributed by atoms with Crippen LogP contribution in [0.25, 0.3) is 0 Å². The van der Waals surface area contributed by atoms with Crippen LogP contribution in [-0.2, 0) is 23.8 Å². The Morgan fingerprint density at radius 2 is 2.20 bits per heavy atom. The molecule has 3 N–H and O–H groups in total. The quantitative estimate of drug-likeness (QED) is 0.672. The van der Waals surface area contributed by atoms with E-state index in [1.807, 2.05) is 0 Å². The van der Waals surface area contributed by atoms with Crippen LogP contribution in [0.3, 0.4) is 0 Å². The Kier molecular flexibility index (Phi) is 4.52. The van der Waals surface area contributed by atoms with Crippen molar-refractivity contribution in [2.75, 3.05) is 6.61 Å². The molecule has 3 fully saturated rings. The van der Waals surface area contributed by atoms with E-state index in [-0.39, 0.29) is 11.8 Å². The minimum Gasteiger partial charge on any atom is -0.457 e. The highest BCUT2D eigenvalue weighted by Crippen LogP contribution is 2.60. The molecule has 0 aromatic rings. The Morgan fingerprint density at radius 1 is 1.48 bits per heavy atom. The van der Waals surface area contributed by atoms with Gasteiger partial charge < -0.3 is 25.1 Å². The summed E-state index contributed by atoms with van der Waals surface area (Å²) in [5.41, 5.74) is 3.72. The number of nitrogens with zero attached hydrogens (tertiary/aromatic N) is 1. The van der Waals surface area contributed by atoms with Crippen molar-refractivity contribution < 1.29 is 28.9 Å². The molecule has 1 aliphatic heterocycles. The maximum Gasteiger partial charge on any atom is 0.344 e. The zero-order chi connectivity index (χ0) is 18.4. The van der Waals surface area contributed by atoms with Crippen molar-refractivity contribution in [2.24, 2.45) is 23.0 Å². The zero-order valence-corrected chi connectivity index (χ0v) is 14.4. The van der Waals surface area contributed by atoms with E-state index in [0.29, 0.717) is 19.3 Å². The van der Waals surface area contributed by atoms with Crippen LogP contribution in [0, 0.1) is 28.6 Å². The smallest absolute Gasteiger partial charge is 0.344 e. The Hall–Kier alpha value is -1.69. The van der Waals surface area contributed by atoms with Gasteiger partial charge in [0.2, 0.25) is 0 Å². The van der Waals surface area contributed by atoms with E-state index in [1.165, 1.54) is 6.92 Å². The number of esters is 2. The largest absolute Gasteiger partial charge is 0.457 e. The molecule has 0 amide bonds. The normalized spacial score (nSPS) is 40.8. The van der Waals surface area contributed by atoms with Gasteiger partial charge >= 0.3 is 11.9 Å². The number of hydrogen-bond acceptors (Lipinski definition) is 8. The second kappa shape index (κ2) is 6.24. The summed E-state index contributed by atoms with van der Waals surface area (Å²) in [6, 6.07) is 2.23. The first kappa shape index (κ1) is 18.1. The maximum atomic E-state index is 12.0. The van der Waals surface area contributed by atoms with Crippen LogP contribution in [0.15, 0.2) is 0 Å². The molecule has 3 aliphatic rings. The van der Waals surface area contributed by atoms with E-state index >= 15 is 0 Å². The summed E-state index contributed by atoms with van der Waals surface area (Å²) in [7, 11) is 0. The van der Waals surface area contributed by atoms with Crippen molar-refractivity contribution in [3.05, 3.63) is 0 Å². The summed E-state index contributed by atoms with van der Waals surface area (Å²) in [6.45, 7) is 2.77. The van der Waals surface area contributed by atoms with E-state index < -0.39 is 48.0 Å². The first-order valence-corrected chi connectivity index (χ1v) is 8.64. The lowest BCUT2D eigenvalue weighted by atomic mass is 9.77. The van der Waals surface area contributed by atoms with Gasteiger partial charge in [-0.15, -0.1) is 0 Å². The van der Waals surface area contributed by atoms with Crippen LogP contribution in [0.2, 0.25) is 0 Å². The number of aliphatic hydroxyl groups is 1. The first-order valence-electron chi connectivity index (χ1n) is 8.64. The fraction of sp³-hybridized carbons (Fsp3) is 0.824. The molecule has 0 aromatic heterocycles. The van der Waals surface area contributed by atoms with Crippen molar-refractivity contribution in [1.82, 2.24) is 0 Å². The zero-order valence-electron chi connectivity index (χ0n) is 14.4. The molecule has 0 radical (unpaired) electrons.